The van der Waals surface area contributed by atoms with Gasteiger partial charge in [0.1, 0.15) is 0 Å². The molecule has 2 rings (SSSR count). The fourth-order valence-corrected chi connectivity index (χ4v) is 0.819. The Bertz CT molecular complexity index is 452. The van der Waals surface area contributed by atoms with Gasteiger partial charge in [-0.25, -0.2) is 0 Å². The summed E-state index contributed by atoms with van der Waals surface area (Å²) in [6.07, 6.45) is 2.30. The number of nitrogens with one attached hydrogen (secondary N) is 3. The van der Waals surface area contributed by atoms with Gasteiger partial charge in [0.15, 0.2) is 0 Å². The first kappa shape index (κ1) is 8.90. The van der Waals surface area contributed by atoms with Gasteiger partial charge in [-0.05, 0) is 11.8 Å². The van der Waals surface area contributed by atoms with Crippen LogP contribution in [0.4, 0.5) is 0 Å². The van der Waals surface area contributed by atoms with E-state index in [2.05, 4.69) is 26.5 Å². The van der Waals surface area contributed by atoms with E-state index < -0.39 is 11.1 Å². The molecule has 6 nitrogen and oxygen atoms in total. The fraction of sp³-hybridized carbons (Fsp3) is 0. The zero-order valence-electron chi connectivity index (χ0n) is 5.64. The van der Waals surface area contributed by atoms with Crippen molar-refractivity contribution in [3.05, 3.63) is 27.0 Å². The normalized spacial score (nSPS) is 9.67. The van der Waals surface area contributed by atoms with E-state index in [1.54, 1.807) is 0 Å². The van der Waals surface area contributed by atoms with Crippen LogP contribution in [0.3, 0.4) is 0 Å². The summed E-state index contributed by atoms with van der Waals surface area (Å²) in [6.45, 7) is 0. The third-order valence-electron chi connectivity index (χ3n) is 1.32. The molecule has 0 fully saturated rings. The van der Waals surface area contributed by atoms with Crippen LogP contribution in [-0.2, 0) is 20.4 Å². The molecule has 2 aromatic heterocycles. The van der Waals surface area contributed by atoms with Gasteiger partial charge < -0.3 is 9.97 Å². The van der Waals surface area contributed by atoms with Crippen LogP contribution in [-0.4, -0.2) is 20.2 Å². The molecule has 0 aliphatic rings. The van der Waals surface area contributed by atoms with E-state index in [1.165, 1.54) is 0 Å². The van der Waals surface area contributed by atoms with Gasteiger partial charge in [-0.1, -0.05) is 0 Å². The summed E-state index contributed by atoms with van der Waals surface area (Å²) in [5.41, 5.74) is -0.618. The Morgan fingerprint density at radius 3 is 2.50 bits per heavy atom. The summed E-state index contributed by atoms with van der Waals surface area (Å²) in [7, 11) is 0. The molecule has 63 valence electrons. The Morgan fingerprint density at radius 1 is 1.17 bits per heavy atom. The molecule has 0 unspecified atom stereocenters. The maximum atomic E-state index is 10.9. The second-order valence-electron chi connectivity index (χ2n) is 1.98. The molecule has 3 N–H and O–H groups in total. The number of imidazole rings is 1. The van der Waals surface area contributed by atoms with Crippen molar-refractivity contribution in [1.82, 2.24) is 20.2 Å². The standard InChI is InChI=1S/C5H3N4O2.Re/c10-4-2-3(7-1-6-2)5(11)9-8-4;/h(H,6,7)(H,8,10)(H,9,11);/q-1;. The van der Waals surface area contributed by atoms with E-state index in [0.717, 1.165) is 0 Å². The molecule has 0 aromatic carbocycles. The SMILES string of the molecule is O=c1[nH][nH]c(=O)c2[nH][c-]nc12.[Re]. The van der Waals surface area contributed by atoms with Crippen LogP contribution in [0.25, 0.3) is 11.0 Å². The van der Waals surface area contributed by atoms with Gasteiger partial charge in [-0.15, -0.1) is 0 Å². The maximum Gasteiger partial charge on any atom is 0.222 e. The number of aromatic nitrogens is 4. The topological polar surface area (TPSA) is 94.4 Å². The zero-order valence-corrected chi connectivity index (χ0v) is 8.36. The minimum Gasteiger partial charge on any atom is -0.456 e. The summed E-state index contributed by atoms with van der Waals surface area (Å²) in [6, 6.07) is 0. The van der Waals surface area contributed by atoms with Gasteiger partial charge in [0, 0.05) is 25.9 Å². The number of nitrogens with zero attached hydrogens (tertiary/aromatic N) is 1. The molecule has 0 bridgehead atoms. The average molecular weight is 337 g/mol. The van der Waals surface area contributed by atoms with E-state index in [-0.39, 0.29) is 31.5 Å². The van der Waals surface area contributed by atoms with Crippen LogP contribution in [0.1, 0.15) is 0 Å². The van der Waals surface area contributed by atoms with Crippen molar-refractivity contribution in [3.8, 4) is 0 Å². The van der Waals surface area contributed by atoms with Gasteiger partial charge in [-0.3, -0.25) is 19.8 Å². The monoisotopic (exact) mass is 338 g/mol. The van der Waals surface area contributed by atoms with E-state index in [1.807, 2.05) is 0 Å². The van der Waals surface area contributed by atoms with E-state index in [9.17, 15) is 9.59 Å². The Morgan fingerprint density at radius 2 is 1.83 bits per heavy atom. The number of fused-ring (bicyclic) bond motifs is 1. The summed E-state index contributed by atoms with van der Waals surface area (Å²) in [4.78, 5) is 27.7. The Hall–Kier alpha value is -1.19. The second kappa shape index (κ2) is 3.05. The summed E-state index contributed by atoms with van der Waals surface area (Å²) in [5.74, 6) is 0. The molecule has 12 heavy (non-hydrogen) atoms. The van der Waals surface area contributed by atoms with Gasteiger partial charge in [0.05, 0.1) is 0 Å². The van der Waals surface area contributed by atoms with Crippen LogP contribution in [0.5, 0.6) is 0 Å². The molecule has 7 heteroatoms. The van der Waals surface area contributed by atoms with Crippen LogP contribution in [0.15, 0.2) is 9.59 Å². The third kappa shape index (κ3) is 1.13. The van der Waals surface area contributed by atoms with Gasteiger partial charge >= 0.3 is 0 Å². The molecular formula is C5H3N4O2Re-. The van der Waals surface area contributed by atoms with Crippen LogP contribution in [0, 0.1) is 6.33 Å². The van der Waals surface area contributed by atoms with Crippen LogP contribution >= 0.6 is 0 Å². The van der Waals surface area contributed by atoms with E-state index in [4.69, 9.17) is 0 Å². The van der Waals surface area contributed by atoms with Crippen molar-refractivity contribution in [2.75, 3.05) is 0 Å². The maximum absolute atomic E-state index is 10.9. The molecule has 1 radical (unpaired) electrons. The zero-order chi connectivity index (χ0) is 7.84. The number of hydrogen-bond donors (Lipinski definition) is 3. The van der Waals surface area contributed by atoms with Gasteiger partial charge in [0.25, 0.3) is 0 Å². The van der Waals surface area contributed by atoms with Gasteiger partial charge in [0.2, 0.25) is 11.1 Å². The number of H-pyrrole nitrogens is 3. The number of aromatic amines is 3. The Balaban J connectivity index is 0.000000720. The molecule has 0 aliphatic heterocycles. The molecule has 0 saturated carbocycles. The first-order valence-corrected chi connectivity index (χ1v) is 2.86. The molecule has 0 spiro atoms. The number of hydrogen-bond acceptors (Lipinski definition) is 3. The predicted octanol–water partition coefficient (Wildman–Crippen LogP) is -1.26. The predicted molar refractivity (Wildman–Crippen MR) is 36.2 cm³/mol. The van der Waals surface area contributed by atoms with Crippen molar-refractivity contribution in [2.45, 2.75) is 0 Å². The summed E-state index contributed by atoms with van der Waals surface area (Å²) < 4.78 is 0. The largest absolute Gasteiger partial charge is 0.456 e. The Labute approximate surface area is 79.1 Å². The second-order valence-corrected chi connectivity index (χ2v) is 1.98. The molecule has 0 atom stereocenters. The van der Waals surface area contributed by atoms with Crippen molar-refractivity contribution < 1.29 is 20.4 Å². The smallest absolute Gasteiger partial charge is 0.222 e. The minimum atomic E-state index is -0.433. The summed E-state index contributed by atoms with van der Waals surface area (Å²) in [5, 5.41) is 4.28. The van der Waals surface area contributed by atoms with Crippen molar-refractivity contribution in [3.63, 3.8) is 0 Å². The molecule has 0 saturated heterocycles. The first-order chi connectivity index (χ1) is 5.29. The molecule has 0 aliphatic carbocycles. The van der Waals surface area contributed by atoms with Crippen LogP contribution < -0.4 is 11.1 Å². The number of rotatable bonds is 0. The van der Waals surface area contributed by atoms with Gasteiger partial charge in [-0.2, -0.15) is 0 Å². The molecule has 0 amide bonds. The molecule has 2 aromatic rings. The molecular weight excluding hydrogens is 334 g/mol. The van der Waals surface area contributed by atoms with E-state index in [0.29, 0.717) is 0 Å². The average Bonchev–Trinajstić information content (AvgIpc) is 2.45. The summed E-state index contributed by atoms with van der Waals surface area (Å²) >= 11 is 0. The van der Waals surface area contributed by atoms with Crippen molar-refractivity contribution in [1.29, 1.82) is 0 Å². The van der Waals surface area contributed by atoms with E-state index >= 15 is 0 Å². The quantitative estimate of drug-likeness (QED) is 0.524. The molecule has 2 heterocycles. The first-order valence-electron chi connectivity index (χ1n) is 2.86. The van der Waals surface area contributed by atoms with Crippen molar-refractivity contribution >= 4 is 11.0 Å². The Kier molecular flexibility index (Phi) is 2.26. The van der Waals surface area contributed by atoms with Crippen LogP contribution in [0.2, 0.25) is 0 Å². The minimum absolute atomic E-state index is 0. The third-order valence-corrected chi connectivity index (χ3v) is 1.32. The van der Waals surface area contributed by atoms with Crippen molar-refractivity contribution in [2.24, 2.45) is 0 Å². The fourth-order valence-electron chi connectivity index (χ4n) is 0.819.